The van der Waals surface area contributed by atoms with Gasteiger partial charge in [-0.1, -0.05) is 6.07 Å². The lowest BCUT2D eigenvalue weighted by Gasteiger charge is -2.27. The Morgan fingerprint density at radius 2 is 2.00 bits per heavy atom. The van der Waals surface area contributed by atoms with Gasteiger partial charge in [-0.2, -0.15) is 0 Å². The average molecular weight is 366 g/mol. The molecule has 0 N–H and O–H groups in total. The fourth-order valence-corrected chi connectivity index (χ4v) is 2.70. The number of ether oxygens (including phenoxy) is 2. The lowest BCUT2D eigenvalue weighted by Crippen LogP contribution is -2.44. The standard InChI is InChI=1S/C18H23FN2O5/c1-18(2,3)26-17(24)21-10-11(19)8-14(21)15(22)9-12-6-5-7-13(20-12)16(23)25-4/h5-7,11,14H,8-10H2,1-4H3/t11-,14+/m1/s1. The number of ketones is 1. The van der Waals surface area contributed by atoms with E-state index in [4.69, 9.17) is 4.74 Å². The van der Waals surface area contributed by atoms with Crippen LogP contribution < -0.4 is 0 Å². The van der Waals surface area contributed by atoms with Gasteiger partial charge in [0.05, 0.1) is 26.1 Å². The summed E-state index contributed by atoms with van der Waals surface area (Å²) in [6.07, 6.45) is -2.20. The van der Waals surface area contributed by atoms with E-state index >= 15 is 0 Å². The zero-order valence-corrected chi connectivity index (χ0v) is 15.3. The normalized spacial score (nSPS) is 20.0. The predicted octanol–water partition coefficient (Wildman–Crippen LogP) is 2.33. The smallest absolute Gasteiger partial charge is 0.411 e. The Labute approximate surface area is 151 Å². The van der Waals surface area contributed by atoms with Gasteiger partial charge in [0.2, 0.25) is 0 Å². The van der Waals surface area contributed by atoms with Crippen molar-refractivity contribution in [3.05, 3.63) is 29.6 Å². The lowest BCUT2D eigenvalue weighted by atomic mass is 10.0. The van der Waals surface area contributed by atoms with E-state index in [9.17, 15) is 18.8 Å². The molecule has 1 aromatic heterocycles. The molecule has 0 saturated carbocycles. The summed E-state index contributed by atoms with van der Waals surface area (Å²) in [7, 11) is 1.24. The summed E-state index contributed by atoms with van der Waals surface area (Å²) >= 11 is 0. The first-order valence-corrected chi connectivity index (χ1v) is 8.31. The molecule has 8 heteroatoms. The van der Waals surface area contributed by atoms with E-state index in [1.54, 1.807) is 32.9 Å². The number of esters is 1. The Kier molecular flexibility index (Phi) is 5.94. The molecule has 0 unspecified atom stereocenters. The summed E-state index contributed by atoms with van der Waals surface area (Å²) in [4.78, 5) is 41.6. The highest BCUT2D eigenvalue weighted by atomic mass is 19.1. The molecule has 0 aromatic carbocycles. The molecular formula is C18H23FN2O5. The Balaban J connectivity index is 2.12. The van der Waals surface area contributed by atoms with Crippen LogP contribution in [-0.4, -0.2) is 59.2 Å². The molecule has 1 fully saturated rings. The number of carbonyl (C=O) groups excluding carboxylic acids is 3. The van der Waals surface area contributed by atoms with Crippen molar-refractivity contribution in [3.63, 3.8) is 0 Å². The van der Waals surface area contributed by atoms with Crippen LogP contribution in [0.15, 0.2) is 18.2 Å². The third kappa shape index (κ3) is 5.00. The van der Waals surface area contributed by atoms with Gasteiger partial charge in [0.15, 0.2) is 5.78 Å². The van der Waals surface area contributed by atoms with Crippen molar-refractivity contribution in [1.29, 1.82) is 0 Å². The Morgan fingerprint density at radius 1 is 1.31 bits per heavy atom. The maximum absolute atomic E-state index is 13.9. The van der Waals surface area contributed by atoms with Crippen molar-refractivity contribution < 1.29 is 28.2 Å². The first-order valence-electron chi connectivity index (χ1n) is 8.31. The van der Waals surface area contributed by atoms with E-state index in [0.717, 1.165) is 4.90 Å². The number of methoxy groups -OCH3 is 1. The number of likely N-dealkylation sites (tertiary alicyclic amines) is 1. The van der Waals surface area contributed by atoms with Crippen molar-refractivity contribution in [3.8, 4) is 0 Å². The number of halogens is 1. The summed E-state index contributed by atoms with van der Waals surface area (Å²) in [5.74, 6) is -0.968. The van der Waals surface area contributed by atoms with Crippen LogP contribution in [0.4, 0.5) is 9.18 Å². The second-order valence-electron chi connectivity index (χ2n) is 7.13. The van der Waals surface area contributed by atoms with Crippen molar-refractivity contribution in [2.24, 2.45) is 0 Å². The number of alkyl halides is 1. The van der Waals surface area contributed by atoms with Gasteiger partial charge >= 0.3 is 12.1 Å². The molecule has 0 bridgehead atoms. The van der Waals surface area contributed by atoms with Gasteiger partial charge in [0.1, 0.15) is 17.5 Å². The molecule has 1 aliphatic rings. The zero-order valence-electron chi connectivity index (χ0n) is 15.3. The molecule has 2 rings (SSSR count). The van der Waals surface area contributed by atoms with E-state index in [0.29, 0.717) is 5.69 Å². The van der Waals surface area contributed by atoms with Crippen molar-refractivity contribution in [2.75, 3.05) is 13.7 Å². The second kappa shape index (κ2) is 7.80. The highest BCUT2D eigenvalue weighted by Crippen LogP contribution is 2.24. The van der Waals surface area contributed by atoms with Crippen molar-refractivity contribution in [2.45, 2.75) is 51.4 Å². The average Bonchev–Trinajstić information content (AvgIpc) is 2.95. The van der Waals surface area contributed by atoms with Crippen LogP contribution in [-0.2, 0) is 20.7 Å². The SMILES string of the molecule is COC(=O)c1cccc(CC(=O)[C@@H]2C[C@@H](F)CN2C(=O)OC(C)(C)C)n1. The van der Waals surface area contributed by atoms with Gasteiger partial charge in [-0.15, -0.1) is 0 Å². The highest BCUT2D eigenvalue weighted by Gasteiger charge is 2.41. The summed E-state index contributed by atoms with van der Waals surface area (Å²) < 4.78 is 23.7. The lowest BCUT2D eigenvalue weighted by molar-refractivity contribution is -0.122. The highest BCUT2D eigenvalue weighted by molar-refractivity contribution is 5.90. The Bertz CT molecular complexity index is 701. The van der Waals surface area contributed by atoms with E-state index in [2.05, 4.69) is 9.72 Å². The number of aromatic nitrogens is 1. The minimum Gasteiger partial charge on any atom is -0.464 e. The van der Waals surface area contributed by atoms with Crippen LogP contribution in [0.1, 0.15) is 43.4 Å². The van der Waals surface area contributed by atoms with Crippen LogP contribution in [0.5, 0.6) is 0 Å². The molecule has 1 amide bonds. The number of nitrogens with zero attached hydrogens (tertiary/aromatic N) is 2. The van der Waals surface area contributed by atoms with Gasteiger partial charge in [0.25, 0.3) is 0 Å². The molecule has 1 saturated heterocycles. The van der Waals surface area contributed by atoms with E-state index in [1.807, 2.05) is 0 Å². The molecule has 142 valence electrons. The molecule has 1 aromatic rings. The summed E-state index contributed by atoms with van der Waals surface area (Å²) in [5.41, 5.74) is -0.309. The number of carbonyl (C=O) groups is 3. The van der Waals surface area contributed by atoms with Crippen LogP contribution in [0.2, 0.25) is 0 Å². The molecule has 0 radical (unpaired) electrons. The zero-order chi connectivity index (χ0) is 19.5. The van der Waals surface area contributed by atoms with Crippen LogP contribution in [0.3, 0.4) is 0 Å². The van der Waals surface area contributed by atoms with E-state index in [-0.39, 0.29) is 30.9 Å². The van der Waals surface area contributed by atoms with Gasteiger partial charge in [0, 0.05) is 12.1 Å². The van der Waals surface area contributed by atoms with E-state index in [1.165, 1.54) is 13.2 Å². The Hall–Kier alpha value is -2.51. The quantitative estimate of drug-likeness (QED) is 0.760. The number of Topliss-reactive ketones (excluding diaryl/α,β-unsaturated/α-hetero) is 1. The van der Waals surface area contributed by atoms with Crippen LogP contribution in [0.25, 0.3) is 0 Å². The number of rotatable bonds is 4. The molecule has 2 heterocycles. The molecule has 7 nitrogen and oxygen atoms in total. The minimum atomic E-state index is -1.29. The van der Waals surface area contributed by atoms with Gasteiger partial charge < -0.3 is 9.47 Å². The molecule has 0 spiro atoms. The molecule has 2 atom stereocenters. The maximum atomic E-state index is 13.9. The monoisotopic (exact) mass is 366 g/mol. The fraction of sp³-hybridized carbons (Fsp3) is 0.556. The minimum absolute atomic E-state index is 0.0746. The Morgan fingerprint density at radius 3 is 2.62 bits per heavy atom. The van der Waals surface area contributed by atoms with Gasteiger partial charge in [-0.25, -0.2) is 19.0 Å². The topological polar surface area (TPSA) is 85.8 Å². The molecule has 1 aliphatic heterocycles. The van der Waals surface area contributed by atoms with Crippen molar-refractivity contribution >= 4 is 17.8 Å². The summed E-state index contributed by atoms with van der Waals surface area (Å²) in [6, 6.07) is 3.73. The molecule has 0 aliphatic carbocycles. The van der Waals surface area contributed by atoms with Crippen LogP contribution >= 0.6 is 0 Å². The number of amides is 1. The number of hydrogen-bond acceptors (Lipinski definition) is 6. The summed E-state index contributed by atoms with van der Waals surface area (Å²) in [6.45, 7) is 4.92. The van der Waals surface area contributed by atoms with Gasteiger partial charge in [-0.05, 0) is 32.9 Å². The fourth-order valence-electron chi connectivity index (χ4n) is 2.70. The first kappa shape index (κ1) is 19.8. The van der Waals surface area contributed by atoms with Gasteiger partial charge in [-0.3, -0.25) is 9.69 Å². The number of hydrogen-bond donors (Lipinski definition) is 0. The molecular weight excluding hydrogens is 343 g/mol. The first-order chi connectivity index (χ1) is 12.1. The second-order valence-corrected chi connectivity index (χ2v) is 7.13. The number of pyridine rings is 1. The summed E-state index contributed by atoms with van der Waals surface area (Å²) in [5, 5.41) is 0. The van der Waals surface area contributed by atoms with Crippen LogP contribution in [0, 0.1) is 0 Å². The van der Waals surface area contributed by atoms with Crippen molar-refractivity contribution in [1.82, 2.24) is 9.88 Å². The maximum Gasteiger partial charge on any atom is 0.411 e. The van der Waals surface area contributed by atoms with E-state index < -0.39 is 29.9 Å². The predicted molar refractivity (Wildman–Crippen MR) is 90.5 cm³/mol. The molecule has 26 heavy (non-hydrogen) atoms. The third-order valence-corrected chi connectivity index (χ3v) is 3.81. The largest absolute Gasteiger partial charge is 0.464 e. The third-order valence-electron chi connectivity index (χ3n) is 3.81.